The number of carbonyl (C=O) groups is 1. The molecule has 0 radical (unpaired) electrons. The van der Waals surface area contributed by atoms with Crippen LogP contribution in [-0.4, -0.2) is 22.3 Å². The van der Waals surface area contributed by atoms with E-state index >= 15 is 0 Å². The zero-order chi connectivity index (χ0) is 17.9. The second kappa shape index (κ2) is 7.14. The third-order valence-corrected chi connectivity index (χ3v) is 4.35. The predicted octanol–water partition coefficient (Wildman–Crippen LogP) is 4.64. The van der Waals surface area contributed by atoms with Crippen molar-refractivity contribution in [2.45, 2.75) is 59.4 Å². The maximum Gasteiger partial charge on any atom is 0.476 e. The van der Waals surface area contributed by atoms with Crippen LogP contribution in [0.15, 0.2) is 24.3 Å². The molecule has 0 bridgehead atoms. The third kappa shape index (κ3) is 7.75. The van der Waals surface area contributed by atoms with Gasteiger partial charge in [0, 0.05) is 0 Å². The Balaban J connectivity index is 2.85. The number of aromatic carboxylic acids is 1. The van der Waals surface area contributed by atoms with Crippen LogP contribution < -0.4 is 0 Å². The molecule has 1 aromatic rings. The highest BCUT2D eigenvalue weighted by Gasteiger charge is 2.37. The smallest absolute Gasteiger partial charge is 0.476 e. The Hall–Kier alpha value is -1.20. The Bertz CT molecular complexity index is 560. The lowest BCUT2D eigenvalue weighted by molar-refractivity contribution is 0.000813. The Morgan fingerprint density at radius 3 is 1.78 bits per heavy atom. The molecular formula is C16H25O6P. The van der Waals surface area contributed by atoms with Gasteiger partial charge in [-0.2, -0.15) is 0 Å². The molecule has 1 N–H and O–H groups in total. The first-order chi connectivity index (χ1) is 10.3. The van der Waals surface area contributed by atoms with Crippen molar-refractivity contribution in [1.82, 2.24) is 0 Å². The van der Waals surface area contributed by atoms with Crippen LogP contribution in [0.4, 0.5) is 0 Å². The van der Waals surface area contributed by atoms with Crippen molar-refractivity contribution in [3.8, 4) is 0 Å². The van der Waals surface area contributed by atoms with E-state index in [0.29, 0.717) is 5.56 Å². The van der Waals surface area contributed by atoms with Crippen LogP contribution in [0.25, 0.3) is 0 Å². The highest BCUT2D eigenvalue weighted by molar-refractivity contribution is 7.48. The van der Waals surface area contributed by atoms with Crippen LogP contribution in [0.2, 0.25) is 0 Å². The van der Waals surface area contributed by atoms with E-state index < -0.39 is 25.0 Å². The fourth-order valence-electron chi connectivity index (χ4n) is 1.64. The van der Waals surface area contributed by atoms with Gasteiger partial charge in [0.15, 0.2) is 0 Å². The predicted molar refractivity (Wildman–Crippen MR) is 87.5 cm³/mol. The number of carboxylic acid groups (broad SMARTS) is 1. The second-order valence-corrected chi connectivity index (χ2v) is 8.65. The van der Waals surface area contributed by atoms with Gasteiger partial charge in [0.2, 0.25) is 0 Å². The molecule has 0 saturated carbocycles. The molecule has 0 fully saturated rings. The summed E-state index contributed by atoms with van der Waals surface area (Å²) in [6.07, 6.45) is 0. The van der Waals surface area contributed by atoms with Crippen LogP contribution >= 0.6 is 7.82 Å². The summed E-state index contributed by atoms with van der Waals surface area (Å²) in [6, 6.07) is 6.12. The second-order valence-electron chi connectivity index (χ2n) is 7.13. The van der Waals surface area contributed by atoms with E-state index in [9.17, 15) is 9.36 Å². The number of hydrogen-bond acceptors (Lipinski definition) is 5. The fraction of sp³-hybridized carbons (Fsp3) is 0.562. The number of carboxylic acids is 1. The summed E-state index contributed by atoms with van der Waals surface area (Å²) >= 11 is 0. The van der Waals surface area contributed by atoms with E-state index in [2.05, 4.69) is 0 Å². The van der Waals surface area contributed by atoms with Crippen molar-refractivity contribution < 1.29 is 28.0 Å². The van der Waals surface area contributed by atoms with Gasteiger partial charge in [0.25, 0.3) is 0 Å². The molecule has 0 aliphatic rings. The zero-order valence-electron chi connectivity index (χ0n) is 14.5. The average Bonchev–Trinajstić information content (AvgIpc) is 2.32. The topological polar surface area (TPSA) is 82.1 Å². The van der Waals surface area contributed by atoms with Gasteiger partial charge in [0.1, 0.15) is 0 Å². The average molecular weight is 344 g/mol. The first kappa shape index (κ1) is 19.8. The maximum absolute atomic E-state index is 12.8. The van der Waals surface area contributed by atoms with E-state index in [1.165, 1.54) is 12.1 Å². The summed E-state index contributed by atoms with van der Waals surface area (Å²) in [4.78, 5) is 10.8. The van der Waals surface area contributed by atoms with Crippen molar-refractivity contribution >= 4 is 13.8 Å². The molecule has 6 nitrogen and oxygen atoms in total. The van der Waals surface area contributed by atoms with Crippen LogP contribution in [-0.2, 0) is 24.7 Å². The molecule has 130 valence electrons. The van der Waals surface area contributed by atoms with Crippen LogP contribution in [0, 0.1) is 0 Å². The minimum Gasteiger partial charge on any atom is -0.478 e. The Morgan fingerprint density at radius 2 is 1.43 bits per heavy atom. The number of benzene rings is 1. The third-order valence-electron chi connectivity index (χ3n) is 2.36. The molecule has 1 rings (SSSR count). The van der Waals surface area contributed by atoms with Gasteiger partial charge < -0.3 is 5.11 Å². The molecule has 0 aliphatic heterocycles. The van der Waals surface area contributed by atoms with Crippen molar-refractivity contribution in [3.63, 3.8) is 0 Å². The first-order valence-corrected chi connectivity index (χ1v) is 8.74. The Morgan fingerprint density at radius 1 is 1.00 bits per heavy atom. The molecule has 0 spiro atoms. The van der Waals surface area contributed by atoms with E-state index in [0.717, 1.165) is 0 Å². The molecule has 0 aliphatic carbocycles. The number of rotatable bonds is 6. The van der Waals surface area contributed by atoms with Crippen molar-refractivity contribution in [2.24, 2.45) is 0 Å². The van der Waals surface area contributed by atoms with Gasteiger partial charge in [0.05, 0.1) is 23.4 Å². The van der Waals surface area contributed by atoms with Crippen molar-refractivity contribution in [2.75, 3.05) is 0 Å². The highest BCUT2D eigenvalue weighted by Crippen LogP contribution is 2.55. The number of phosphoric ester groups is 1. The monoisotopic (exact) mass is 344 g/mol. The van der Waals surface area contributed by atoms with Crippen molar-refractivity contribution in [1.29, 1.82) is 0 Å². The van der Waals surface area contributed by atoms with Gasteiger partial charge >= 0.3 is 13.8 Å². The minimum atomic E-state index is -3.78. The van der Waals surface area contributed by atoms with Crippen LogP contribution in [0.1, 0.15) is 57.5 Å². The summed E-state index contributed by atoms with van der Waals surface area (Å²) < 4.78 is 29.3. The molecule has 0 atom stereocenters. The normalized spacial score (nSPS) is 13.1. The number of phosphoric acid groups is 1. The lowest BCUT2D eigenvalue weighted by atomic mass is 10.1. The Labute approximate surface area is 137 Å². The molecular weight excluding hydrogens is 319 g/mol. The molecule has 0 amide bonds. The van der Waals surface area contributed by atoms with Gasteiger partial charge in [-0.05, 0) is 59.2 Å². The van der Waals surface area contributed by atoms with Crippen molar-refractivity contribution in [3.05, 3.63) is 35.4 Å². The van der Waals surface area contributed by atoms with Gasteiger partial charge in [-0.1, -0.05) is 12.1 Å². The van der Waals surface area contributed by atoms with Gasteiger partial charge in [-0.3, -0.25) is 13.6 Å². The summed E-state index contributed by atoms with van der Waals surface area (Å²) in [5, 5.41) is 8.87. The maximum atomic E-state index is 12.8. The SMILES string of the molecule is CC(C)(C)OP(=O)(OCc1ccc(C(=O)O)cc1)OC(C)(C)C. The molecule has 0 unspecified atom stereocenters. The van der Waals surface area contributed by atoms with Crippen LogP contribution in [0.5, 0.6) is 0 Å². The molecule has 0 aromatic heterocycles. The standard InChI is InChI=1S/C16H25O6P/c1-15(2,3)21-23(19,22-16(4,5)6)20-11-12-7-9-13(10-8-12)14(17)18/h7-10H,11H2,1-6H3,(H,17,18). The minimum absolute atomic E-state index is 0.0106. The molecule has 0 heterocycles. The number of hydrogen-bond donors (Lipinski definition) is 1. The van der Waals surface area contributed by atoms with E-state index in [-0.39, 0.29) is 12.2 Å². The molecule has 23 heavy (non-hydrogen) atoms. The molecule has 0 saturated heterocycles. The summed E-state index contributed by atoms with van der Waals surface area (Å²) in [6.45, 7) is 10.6. The quantitative estimate of drug-likeness (QED) is 0.757. The largest absolute Gasteiger partial charge is 0.478 e. The van der Waals surface area contributed by atoms with E-state index in [1.807, 2.05) is 0 Å². The highest BCUT2D eigenvalue weighted by atomic mass is 31.2. The summed E-state index contributed by atoms with van der Waals surface area (Å²) in [5.41, 5.74) is -0.555. The molecule has 1 aromatic carbocycles. The summed E-state index contributed by atoms with van der Waals surface area (Å²) in [7, 11) is -3.78. The lowest BCUT2D eigenvalue weighted by Crippen LogP contribution is -2.24. The fourth-order valence-corrected chi connectivity index (χ4v) is 3.43. The van der Waals surface area contributed by atoms with Crippen LogP contribution in [0.3, 0.4) is 0 Å². The Kier molecular flexibility index (Phi) is 6.16. The molecule has 7 heteroatoms. The summed E-state index contributed by atoms with van der Waals surface area (Å²) in [5.74, 6) is -1.00. The van der Waals surface area contributed by atoms with E-state index in [1.54, 1.807) is 53.7 Å². The first-order valence-electron chi connectivity index (χ1n) is 7.28. The zero-order valence-corrected chi connectivity index (χ0v) is 15.3. The van der Waals surface area contributed by atoms with E-state index in [4.69, 9.17) is 18.7 Å². The lowest BCUT2D eigenvalue weighted by Gasteiger charge is -2.30. The van der Waals surface area contributed by atoms with Gasteiger partial charge in [-0.15, -0.1) is 0 Å². The van der Waals surface area contributed by atoms with Gasteiger partial charge in [-0.25, -0.2) is 9.36 Å².